The van der Waals surface area contributed by atoms with Crippen molar-refractivity contribution in [3.05, 3.63) is 12.7 Å². The SMILES string of the molecule is C=CC(=O)O.[PbH2]. The summed E-state index contributed by atoms with van der Waals surface area (Å²) in [4.78, 5) is 9.25. The third-order valence-electron chi connectivity index (χ3n) is 0.175. The summed E-state index contributed by atoms with van der Waals surface area (Å²) in [5.74, 6) is -0.981. The first-order chi connectivity index (χ1) is 2.27. The first-order valence-electron chi connectivity index (χ1n) is 1.12. The predicted octanol–water partition coefficient (Wildman–Crippen LogP) is -0.659. The van der Waals surface area contributed by atoms with Gasteiger partial charge in [0, 0.05) is 6.08 Å². The summed E-state index contributed by atoms with van der Waals surface area (Å²) in [6.07, 6.45) is 0.833. The standard InChI is InChI=1S/C3H4O2.Pb.2H/c1-2-3(4)5;;;/h2H,1H2,(H,4,5);;;. The average Bonchev–Trinajstić information content (AvgIpc) is 1.38. The summed E-state index contributed by atoms with van der Waals surface area (Å²) in [7, 11) is 0. The number of carbonyl (C=O) groups is 1. The molecule has 0 aromatic carbocycles. The van der Waals surface area contributed by atoms with Gasteiger partial charge in [0.25, 0.3) is 0 Å². The van der Waals surface area contributed by atoms with Crippen LogP contribution in [0.15, 0.2) is 12.7 Å². The van der Waals surface area contributed by atoms with E-state index in [-0.39, 0.29) is 27.3 Å². The Morgan fingerprint density at radius 1 is 1.83 bits per heavy atom. The molecule has 34 valence electrons. The molecule has 0 heterocycles. The molecule has 0 aromatic heterocycles. The van der Waals surface area contributed by atoms with Crippen molar-refractivity contribution in [2.75, 3.05) is 0 Å². The molecule has 0 aliphatic heterocycles. The molecule has 0 unspecified atom stereocenters. The van der Waals surface area contributed by atoms with E-state index in [9.17, 15) is 4.79 Å². The number of carboxylic acids is 1. The molecule has 0 fully saturated rings. The van der Waals surface area contributed by atoms with Gasteiger partial charge < -0.3 is 5.11 Å². The third kappa shape index (κ3) is 8.92. The molecule has 2 radical (unpaired) electrons. The first-order valence-corrected chi connectivity index (χ1v) is 1.12. The zero-order chi connectivity index (χ0) is 4.28. The molecule has 0 atom stereocenters. The van der Waals surface area contributed by atoms with Gasteiger partial charge in [0.15, 0.2) is 0 Å². The number of hydrogen-bond donors (Lipinski definition) is 1. The molecule has 6 heavy (non-hydrogen) atoms. The van der Waals surface area contributed by atoms with E-state index in [1.807, 2.05) is 0 Å². The maximum atomic E-state index is 9.25. The van der Waals surface area contributed by atoms with Crippen LogP contribution in [0.2, 0.25) is 0 Å². The molecule has 0 bridgehead atoms. The minimum atomic E-state index is -0.981. The molecule has 0 rings (SSSR count). The monoisotopic (exact) mass is 282 g/mol. The van der Waals surface area contributed by atoms with Crippen LogP contribution in [0.25, 0.3) is 0 Å². The summed E-state index contributed by atoms with van der Waals surface area (Å²) in [5, 5.41) is 7.60. The normalized spacial score (nSPS) is 5.33. The predicted molar refractivity (Wildman–Crippen MR) is 26.4 cm³/mol. The number of aliphatic carboxylic acids is 1. The second-order valence-corrected chi connectivity index (χ2v) is 0.542. The minimum absolute atomic E-state index is 0. The van der Waals surface area contributed by atoms with Crippen LogP contribution in [0.3, 0.4) is 0 Å². The van der Waals surface area contributed by atoms with Gasteiger partial charge in [-0.25, -0.2) is 4.79 Å². The molecule has 0 saturated carbocycles. The Hall–Kier alpha value is 0.132. The van der Waals surface area contributed by atoms with Gasteiger partial charge in [-0.3, -0.25) is 0 Å². The van der Waals surface area contributed by atoms with E-state index < -0.39 is 5.97 Å². The Morgan fingerprint density at radius 2 is 2.00 bits per heavy atom. The van der Waals surface area contributed by atoms with Gasteiger partial charge in [0.2, 0.25) is 0 Å². The number of rotatable bonds is 1. The molecular weight excluding hydrogens is 275 g/mol. The Kier molecular flexibility index (Phi) is 8.09. The van der Waals surface area contributed by atoms with Crippen molar-refractivity contribution < 1.29 is 9.90 Å². The Labute approximate surface area is 56.0 Å². The van der Waals surface area contributed by atoms with Crippen LogP contribution >= 0.6 is 0 Å². The molecule has 1 N–H and O–H groups in total. The fraction of sp³-hybridized carbons (Fsp3) is 0. The van der Waals surface area contributed by atoms with Crippen LogP contribution in [-0.4, -0.2) is 38.4 Å². The quantitative estimate of drug-likeness (QED) is 0.512. The molecule has 0 amide bonds. The summed E-state index contributed by atoms with van der Waals surface area (Å²) in [6.45, 7) is 2.96. The Balaban J connectivity index is 0. The van der Waals surface area contributed by atoms with E-state index in [0.717, 1.165) is 6.08 Å². The zero-order valence-corrected chi connectivity index (χ0v) is 8.84. The topological polar surface area (TPSA) is 37.3 Å². The second kappa shape index (κ2) is 5.13. The van der Waals surface area contributed by atoms with Gasteiger partial charge in [0.05, 0.1) is 0 Å². The molecule has 0 aromatic rings. The van der Waals surface area contributed by atoms with Gasteiger partial charge in [0.1, 0.15) is 0 Å². The van der Waals surface area contributed by atoms with Crippen molar-refractivity contribution in [1.29, 1.82) is 0 Å². The van der Waals surface area contributed by atoms with Crippen molar-refractivity contribution in [3.63, 3.8) is 0 Å². The fourth-order valence-electron chi connectivity index (χ4n) is 0. The van der Waals surface area contributed by atoms with E-state index in [1.165, 1.54) is 0 Å². The van der Waals surface area contributed by atoms with Crippen LogP contribution in [-0.2, 0) is 4.79 Å². The average molecular weight is 281 g/mol. The molecule has 3 heteroatoms. The molecule has 0 aliphatic rings. The van der Waals surface area contributed by atoms with Gasteiger partial charge in [-0.15, -0.1) is 0 Å². The van der Waals surface area contributed by atoms with E-state index in [4.69, 9.17) is 5.11 Å². The van der Waals surface area contributed by atoms with Gasteiger partial charge in [-0.05, 0) is 0 Å². The molecule has 0 spiro atoms. The molecule has 0 aliphatic carbocycles. The second-order valence-electron chi connectivity index (χ2n) is 0.542. The van der Waals surface area contributed by atoms with Crippen molar-refractivity contribution in [2.24, 2.45) is 0 Å². The van der Waals surface area contributed by atoms with Crippen molar-refractivity contribution in [3.8, 4) is 0 Å². The van der Waals surface area contributed by atoms with Crippen LogP contribution < -0.4 is 0 Å². The van der Waals surface area contributed by atoms with Gasteiger partial charge in [-0.2, -0.15) is 0 Å². The zero-order valence-electron chi connectivity index (χ0n) is 3.35. The van der Waals surface area contributed by atoms with E-state index in [1.54, 1.807) is 0 Å². The summed E-state index contributed by atoms with van der Waals surface area (Å²) in [5.41, 5.74) is 0. The Bertz CT molecular complexity index is 59.8. The first kappa shape index (κ1) is 9.46. The van der Waals surface area contributed by atoms with Crippen LogP contribution in [0.5, 0.6) is 0 Å². The van der Waals surface area contributed by atoms with Crippen LogP contribution in [0.4, 0.5) is 0 Å². The van der Waals surface area contributed by atoms with Crippen molar-refractivity contribution in [1.82, 2.24) is 0 Å². The van der Waals surface area contributed by atoms with E-state index in [2.05, 4.69) is 6.58 Å². The van der Waals surface area contributed by atoms with Crippen molar-refractivity contribution in [2.45, 2.75) is 0 Å². The van der Waals surface area contributed by atoms with Crippen LogP contribution in [0, 0.1) is 0 Å². The third-order valence-corrected chi connectivity index (χ3v) is 0.175. The molecule has 0 saturated heterocycles. The van der Waals surface area contributed by atoms with Gasteiger partial charge >= 0.3 is 33.3 Å². The van der Waals surface area contributed by atoms with Crippen LogP contribution in [0.1, 0.15) is 0 Å². The fourth-order valence-corrected chi connectivity index (χ4v) is 0. The number of carboxylic acid groups (broad SMARTS) is 1. The maximum absolute atomic E-state index is 9.25. The summed E-state index contributed by atoms with van der Waals surface area (Å²) in [6, 6.07) is 0. The summed E-state index contributed by atoms with van der Waals surface area (Å²) < 4.78 is 0. The van der Waals surface area contributed by atoms with Gasteiger partial charge in [-0.1, -0.05) is 6.58 Å². The van der Waals surface area contributed by atoms with E-state index >= 15 is 0 Å². The van der Waals surface area contributed by atoms with Crippen molar-refractivity contribution >= 4 is 33.3 Å². The molecule has 2 nitrogen and oxygen atoms in total. The van der Waals surface area contributed by atoms with E-state index in [0.29, 0.717) is 0 Å². The summed E-state index contributed by atoms with van der Waals surface area (Å²) >= 11 is 0. The Morgan fingerprint density at radius 3 is 2.00 bits per heavy atom. The molecular formula is C3H6O2Pb. The number of hydrogen-bond acceptors (Lipinski definition) is 1.